The summed E-state index contributed by atoms with van der Waals surface area (Å²) < 4.78 is 22.6. The number of hydrogen-bond acceptors (Lipinski definition) is 4. The molecule has 28 heavy (non-hydrogen) atoms. The van der Waals surface area contributed by atoms with E-state index < -0.39 is 10.0 Å². The van der Waals surface area contributed by atoms with Crippen LogP contribution in [0.2, 0.25) is 0 Å². The van der Waals surface area contributed by atoms with Gasteiger partial charge in [-0.2, -0.15) is 0 Å². The van der Waals surface area contributed by atoms with Gasteiger partial charge >= 0.3 is 0 Å². The summed E-state index contributed by atoms with van der Waals surface area (Å²) in [7, 11) is -1.85. The van der Waals surface area contributed by atoms with Crippen LogP contribution in [-0.4, -0.2) is 32.3 Å². The van der Waals surface area contributed by atoms with Gasteiger partial charge in [-0.15, -0.1) is 0 Å². The third-order valence-corrected chi connectivity index (χ3v) is 5.67. The van der Waals surface area contributed by atoms with Crippen LogP contribution in [0.15, 0.2) is 53.4 Å². The van der Waals surface area contributed by atoms with Gasteiger partial charge in [0.25, 0.3) is 0 Å². The molecule has 6 nitrogen and oxygen atoms in total. The minimum absolute atomic E-state index is 0.00868. The highest BCUT2D eigenvalue weighted by atomic mass is 32.2. The standard InChI is InChI=1S/C21H29N3O3S/c1-15(20(25)23-18-10-12-19(13-11-18)28(22,26)27)24(5)14-16-6-8-17(9-7-16)21(2,3)4/h6-13,15H,14H2,1-5H3,(H,23,25)(H2,22,26,27)/t15-/m0/s1. The van der Waals surface area contributed by atoms with Crippen molar-refractivity contribution in [1.29, 1.82) is 0 Å². The van der Waals surface area contributed by atoms with E-state index in [1.165, 1.54) is 29.8 Å². The molecule has 7 heteroatoms. The largest absolute Gasteiger partial charge is 0.325 e. The van der Waals surface area contributed by atoms with Crippen LogP contribution >= 0.6 is 0 Å². The number of amides is 1. The number of sulfonamides is 1. The monoisotopic (exact) mass is 403 g/mol. The molecule has 0 bridgehead atoms. The van der Waals surface area contributed by atoms with Gasteiger partial charge in [0.05, 0.1) is 10.9 Å². The summed E-state index contributed by atoms with van der Waals surface area (Å²) in [6, 6.07) is 13.9. The van der Waals surface area contributed by atoms with Crippen LogP contribution in [0, 0.1) is 0 Å². The predicted molar refractivity (Wildman–Crippen MR) is 113 cm³/mol. The second kappa shape index (κ2) is 8.43. The van der Waals surface area contributed by atoms with Gasteiger partial charge in [-0.05, 0) is 54.8 Å². The minimum Gasteiger partial charge on any atom is -0.325 e. The van der Waals surface area contributed by atoms with Crippen molar-refractivity contribution in [2.75, 3.05) is 12.4 Å². The maximum absolute atomic E-state index is 12.5. The van der Waals surface area contributed by atoms with E-state index in [0.29, 0.717) is 12.2 Å². The Labute approximate surface area is 167 Å². The lowest BCUT2D eigenvalue weighted by molar-refractivity contribution is -0.120. The number of nitrogens with one attached hydrogen (secondary N) is 1. The van der Waals surface area contributed by atoms with E-state index in [1.54, 1.807) is 0 Å². The highest BCUT2D eigenvalue weighted by Crippen LogP contribution is 2.22. The van der Waals surface area contributed by atoms with Crippen LogP contribution in [-0.2, 0) is 26.8 Å². The zero-order chi connectivity index (χ0) is 21.1. The number of hydrogen-bond donors (Lipinski definition) is 2. The van der Waals surface area contributed by atoms with Crippen LogP contribution in [0.4, 0.5) is 5.69 Å². The van der Waals surface area contributed by atoms with Crippen LogP contribution in [0.1, 0.15) is 38.8 Å². The first-order valence-electron chi connectivity index (χ1n) is 9.11. The summed E-state index contributed by atoms with van der Waals surface area (Å²) in [6.07, 6.45) is 0. The highest BCUT2D eigenvalue weighted by molar-refractivity contribution is 7.89. The van der Waals surface area contributed by atoms with Crippen molar-refractivity contribution in [3.63, 3.8) is 0 Å². The van der Waals surface area contributed by atoms with Crippen molar-refractivity contribution in [3.8, 4) is 0 Å². The molecule has 0 radical (unpaired) electrons. The lowest BCUT2D eigenvalue weighted by Crippen LogP contribution is -2.39. The van der Waals surface area contributed by atoms with Crippen molar-refractivity contribution in [3.05, 3.63) is 59.7 Å². The maximum Gasteiger partial charge on any atom is 0.241 e. The van der Waals surface area contributed by atoms with Crippen LogP contribution in [0.5, 0.6) is 0 Å². The normalized spacial score (nSPS) is 13.4. The zero-order valence-electron chi connectivity index (χ0n) is 17.1. The molecular weight excluding hydrogens is 374 g/mol. The molecule has 0 aromatic heterocycles. The van der Waals surface area contributed by atoms with E-state index in [1.807, 2.05) is 18.9 Å². The molecule has 0 aliphatic carbocycles. The Kier molecular flexibility index (Phi) is 6.64. The first-order chi connectivity index (χ1) is 12.9. The minimum atomic E-state index is -3.75. The first kappa shape index (κ1) is 22.1. The summed E-state index contributed by atoms with van der Waals surface area (Å²) in [6.45, 7) is 9.00. The van der Waals surface area contributed by atoms with Crippen LogP contribution < -0.4 is 10.5 Å². The Morgan fingerprint density at radius 2 is 1.61 bits per heavy atom. The van der Waals surface area contributed by atoms with Gasteiger partial charge in [-0.3, -0.25) is 9.69 Å². The third kappa shape index (κ3) is 5.89. The van der Waals surface area contributed by atoms with Gasteiger partial charge in [0, 0.05) is 12.2 Å². The third-order valence-electron chi connectivity index (χ3n) is 4.74. The van der Waals surface area contributed by atoms with E-state index in [9.17, 15) is 13.2 Å². The number of anilines is 1. The van der Waals surface area contributed by atoms with E-state index >= 15 is 0 Å². The number of rotatable bonds is 6. The molecule has 2 aromatic carbocycles. The number of nitrogens with zero attached hydrogens (tertiary/aromatic N) is 1. The van der Waals surface area contributed by atoms with Crippen molar-refractivity contribution in [1.82, 2.24) is 4.90 Å². The van der Waals surface area contributed by atoms with Gasteiger partial charge < -0.3 is 5.32 Å². The smallest absolute Gasteiger partial charge is 0.241 e. The number of nitrogens with two attached hydrogens (primary N) is 1. The van der Waals surface area contributed by atoms with Gasteiger partial charge in [0.2, 0.25) is 15.9 Å². The van der Waals surface area contributed by atoms with Crippen LogP contribution in [0.3, 0.4) is 0 Å². The second-order valence-corrected chi connectivity index (χ2v) is 9.66. The van der Waals surface area contributed by atoms with Crippen molar-refractivity contribution in [2.24, 2.45) is 5.14 Å². The molecule has 1 amide bonds. The summed E-state index contributed by atoms with van der Waals surface area (Å²) in [4.78, 5) is 14.5. The Morgan fingerprint density at radius 3 is 2.07 bits per heavy atom. The van der Waals surface area contributed by atoms with Gasteiger partial charge in [-0.25, -0.2) is 13.6 Å². The summed E-state index contributed by atoms with van der Waals surface area (Å²) >= 11 is 0. The summed E-state index contributed by atoms with van der Waals surface area (Å²) in [5, 5.41) is 7.88. The number of carbonyl (C=O) groups excluding carboxylic acids is 1. The van der Waals surface area contributed by atoms with E-state index in [2.05, 4.69) is 50.4 Å². The van der Waals surface area contributed by atoms with E-state index in [-0.39, 0.29) is 22.3 Å². The van der Waals surface area contributed by atoms with Gasteiger partial charge in [-0.1, -0.05) is 45.0 Å². The van der Waals surface area contributed by atoms with Crippen molar-refractivity contribution < 1.29 is 13.2 Å². The average Bonchev–Trinajstić information content (AvgIpc) is 2.60. The molecule has 0 aliphatic heterocycles. The maximum atomic E-state index is 12.5. The zero-order valence-corrected chi connectivity index (χ0v) is 17.9. The fourth-order valence-corrected chi connectivity index (χ4v) is 3.23. The van der Waals surface area contributed by atoms with E-state index in [0.717, 1.165) is 5.56 Å². The molecule has 152 valence electrons. The summed E-state index contributed by atoms with van der Waals surface area (Å²) in [5.41, 5.74) is 3.03. The number of primary sulfonamides is 1. The van der Waals surface area contributed by atoms with Crippen molar-refractivity contribution >= 4 is 21.6 Å². The molecule has 3 N–H and O–H groups in total. The molecule has 0 saturated heterocycles. The predicted octanol–water partition coefficient (Wildman–Crippen LogP) is 3.09. The van der Waals surface area contributed by atoms with Crippen LogP contribution in [0.25, 0.3) is 0 Å². The Morgan fingerprint density at radius 1 is 1.07 bits per heavy atom. The fourth-order valence-electron chi connectivity index (χ4n) is 2.71. The molecule has 1 atom stereocenters. The molecular formula is C21H29N3O3S. The average molecular weight is 404 g/mol. The Hall–Kier alpha value is -2.22. The van der Waals surface area contributed by atoms with Gasteiger partial charge in [0.1, 0.15) is 0 Å². The van der Waals surface area contributed by atoms with Crippen molar-refractivity contribution in [2.45, 2.75) is 50.6 Å². The molecule has 0 heterocycles. The first-order valence-corrected chi connectivity index (χ1v) is 10.7. The quantitative estimate of drug-likeness (QED) is 0.775. The SMILES string of the molecule is C[C@@H](C(=O)Nc1ccc(S(N)(=O)=O)cc1)N(C)Cc1ccc(C(C)(C)C)cc1. The molecule has 0 saturated carbocycles. The second-order valence-electron chi connectivity index (χ2n) is 8.10. The van der Waals surface area contributed by atoms with Gasteiger partial charge in [0.15, 0.2) is 0 Å². The topological polar surface area (TPSA) is 92.5 Å². The molecule has 2 aromatic rings. The lowest BCUT2D eigenvalue weighted by atomic mass is 9.87. The molecule has 0 fully saturated rings. The Bertz CT molecular complexity index is 915. The highest BCUT2D eigenvalue weighted by Gasteiger charge is 2.19. The van der Waals surface area contributed by atoms with E-state index in [4.69, 9.17) is 5.14 Å². The molecule has 0 spiro atoms. The summed E-state index contributed by atoms with van der Waals surface area (Å²) in [5.74, 6) is -0.169. The fraction of sp³-hybridized carbons (Fsp3) is 0.381. The number of benzene rings is 2. The number of likely N-dealkylation sites (N-methyl/N-ethyl adjacent to an activating group) is 1. The molecule has 2 rings (SSSR count). The lowest BCUT2D eigenvalue weighted by Gasteiger charge is -2.25. The Balaban J connectivity index is 1.98. The molecule has 0 aliphatic rings. The molecule has 0 unspecified atom stereocenters. The number of carbonyl (C=O) groups is 1.